The molecule has 1 unspecified atom stereocenters. The van der Waals surface area contributed by atoms with Crippen molar-refractivity contribution >= 4 is 22.4 Å². The molecule has 0 bridgehead atoms. The number of hydrogen-bond donors (Lipinski definition) is 2. The Morgan fingerprint density at radius 1 is 1.04 bits per heavy atom. The fourth-order valence-corrected chi connectivity index (χ4v) is 3.83. The summed E-state index contributed by atoms with van der Waals surface area (Å²) >= 11 is 0. The highest BCUT2D eigenvalue weighted by atomic mass is 35.5. The summed E-state index contributed by atoms with van der Waals surface area (Å²) in [7, 11) is -3.47. The molecular formula is C17H21ClN2O2S. The first kappa shape index (κ1) is 17.9. The standard InChI is InChI=1S/C17H20N2O2S.ClH/c20-22(21,19-13-16-9-5-11-18-16)17-10-4-8-15(12-17)14-6-2-1-3-7-14;/h1-4,6-8,10,12,16,18-19H,5,9,11,13H2;1H. The van der Waals surface area contributed by atoms with Crippen LogP contribution in [0, 0.1) is 0 Å². The Labute approximate surface area is 143 Å². The molecule has 124 valence electrons. The lowest BCUT2D eigenvalue weighted by molar-refractivity contribution is 0.552. The SMILES string of the molecule is Cl.O=S(=O)(NCC1CCCN1)c1cccc(-c2ccccc2)c1. The molecule has 1 atom stereocenters. The van der Waals surface area contributed by atoms with Gasteiger partial charge in [-0.1, -0.05) is 42.5 Å². The van der Waals surface area contributed by atoms with Crippen molar-refractivity contribution in [3.63, 3.8) is 0 Å². The van der Waals surface area contributed by atoms with E-state index in [1.165, 1.54) is 0 Å². The van der Waals surface area contributed by atoms with E-state index in [1.807, 2.05) is 36.4 Å². The van der Waals surface area contributed by atoms with Gasteiger partial charge in [0.2, 0.25) is 10.0 Å². The van der Waals surface area contributed by atoms with Crippen LogP contribution in [0.1, 0.15) is 12.8 Å². The molecule has 1 aliphatic rings. The molecule has 2 N–H and O–H groups in total. The minimum absolute atomic E-state index is 0. The van der Waals surface area contributed by atoms with E-state index in [9.17, 15) is 8.42 Å². The van der Waals surface area contributed by atoms with E-state index < -0.39 is 10.0 Å². The Hall–Kier alpha value is -1.40. The van der Waals surface area contributed by atoms with Gasteiger partial charge in [-0.2, -0.15) is 0 Å². The van der Waals surface area contributed by atoms with Crippen molar-refractivity contribution in [2.24, 2.45) is 0 Å². The number of halogens is 1. The van der Waals surface area contributed by atoms with Gasteiger partial charge in [-0.3, -0.25) is 0 Å². The zero-order chi connectivity index (χ0) is 15.4. The fourth-order valence-electron chi connectivity index (χ4n) is 2.70. The Morgan fingerprint density at radius 3 is 2.48 bits per heavy atom. The second kappa shape index (κ2) is 7.93. The maximum absolute atomic E-state index is 12.4. The molecule has 6 heteroatoms. The summed E-state index contributed by atoms with van der Waals surface area (Å²) in [5.41, 5.74) is 1.92. The molecule has 2 aromatic rings. The van der Waals surface area contributed by atoms with E-state index >= 15 is 0 Å². The van der Waals surface area contributed by atoms with Gasteiger partial charge in [-0.25, -0.2) is 13.1 Å². The van der Waals surface area contributed by atoms with Gasteiger partial charge in [0.1, 0.15) is 0 Å². The first-order chi connectivity index (χ1) is 10.6. The monoisotopic (exact) mass is 352 g/mol. The molecule has 0 saturated carbocycles. The molecule has 1 aliphatic heterocycles. The van der Waals surface area contributed by atoms with Crippen LogP contribution in [0.3, 0.4) is 0 Å². The van der Waals surface area contributed by atoms with E-state index in [0.29, 0.717) is 11.4 Å². The van der Waals surface area contributed by atoms with Crippen LogP contribution in [0.15, 0.2) is 59.5 Å². The predicted octanol–water partition coefficient (Wildman–Crippen LogP) is 2.81. The second-order valence-corrected chi connectivity index (χ2v) is 7.31. The van der Waals surface area contributed by atoms with Crippen LogP contribution in [0.5, 0.6) is 0 Å². The molecule has 0 spiro atoms. The molecule has 1 heterocycles. The average Bonchev–Trinajstić information content (AvgIpc) is 3.08. The lowest BCUT2D eigenvalue weighted by atomic mass is 10.1. The molecule has 0 aliphatic carbocycles. The maximum Gasteiger partial charge on any atom is 0.240 e. The van der Waals surface area contributed by atoms with Crippen LogP contribution in [-0.2, 0) is 10.0 Å². The first-order valence-electron chi connectivity index (χ1n) is 7.54. The Morgan fingerprint density at radius 2 is 1.78 bits per heavy atom. The molecule has 0 aromatic heterocycles. The number of rotatable bonds is 5. The van der Waals surface area contributed by atoms with Gasteiger partial charge >= 0.3 is 0 Å². The summed E-state index contributed by atoms with van der Waals surface area (Å²) in [6.45, 7) is 1.41. The van der Waals surface area contributed by atoms with Crippen molar-refractivity contribution in [2.75, 3.05) is 13.1 Å². The Balaban J connectivity index is 0.00000192. The van der Waals surface area contributed by atoms with Crippen molar-refractivity contribution in [3.05, 3.63) is 54.6 Å². The zero-order valence-corrected chi connectivity index (χ0v) is 14.4. The first-order valence-corrected chi connectivity index (χ1v) is 9.02. The molecule has 0 amide bonds. The average molecular weight is 353 g/mol. The lowest BCUT2D eigenvalue weighted by Crippen LogP contribution is -2.37. The summed E-state index contributed by atoms with van der Waals surface area (Å²) < 4.78 is 27.6. The topological polar surface area (TPSA) is 58.2 Å². The van der Waals surface area contributed by atoms with Crippen LogP contribution >= 0.6 is 12.4 Å². The fraction of sp³-hybridized carbons (Fsp3) is 0.294. The second-order valence-electron chi connectivity index (χ2n) is 5.54. The molecule has 3 rings (SSSR count). The van der Waals surface area contributed by atoms with Crippen LogP contribution in [-0.4, -0.2) is 27.5 Å². The minimum atomic E-state index is -3.47. The number of benzene rings is 2. The smallest absolute Gasteiger partial charge is 0.240 e. The summed E-state index contributed by atoms with van der Waals surface area (Å²) in [6.07, 6.45) is 2.13. The van der Waals surface area contributed by atoms with Crippen molar-refractivity contribution in [1.82, 2.24) is 10.0 Å². The lowest BCUT2D eigenvalue weighted by Gasteiger charge is -2.12. The molecular weight excluding hydrogens is 332 g/mol. The third kappa shape index (κ3) is 4.54. The minimum Gasteiger partial charge on any atom is -0.313 e. The van der Waals surface area contributed by atoms with Crippen LogP contribution in [0.25, 0.3) is 11.1 Å². The zero-order valence-electron chi connectivity index (χ0n) is 12.7. The molecule has 1 saturated heterocycles. The Bertz CT molecular complexity index is 729. The molecule has 23 heavy (non-hydrogen) atoms. The van der Waals surface area contributed by atoms with Crippen LogP contribution < -0.4 is 10.0 Å². The van der Waals surface area contributed by atoms with Crippen molar-refractivity contribution in [2.45, 2.75) is 23.8 Å². The highest BCUT2D eigenvalue weighted by molar-refractivity contribution is 7.89. The van der Waals surface area contributed by atoms with Crippen LogP contribution in [0.4, 0.5) is 0 Å². The highest BCUT2D eigenvalue weighted by Gasteiger charge is 2.19. The van der Waals surface area contributed by atoms with Crippen LogP contribution in [0.2, 0.25) is 0 Å². The Kier molecular flexibility index (Phi) is 6.18. The van der Waals surface area contributed by atoms with E-state index in [2.05, 4.69) is 10.0 Å². The van der Waals surface area contributed by atoms with Gasteiger partial charge in [0.25, 0.3) is 0 Å². The number of nitrogens with one attached hydrogen (secondary N) is 2. The number of sulfonamides is 1. The van der Waals surface area contributed by atoms with E-state index in [4.69, 9.17) is 0 Å². The molecule has 0 radical (unpaired) electrons. The summed E-state index contributed by atoms with van der Waals surface area (Å²) in [5, 5.41) is 3.29. The third-order valence-corrected chi connectivity index (χ3v) is 5.35. The normalized spacial score (nSPS) is 17.7. The third-order valence-electron chi connectivity index (χ3n) is 3.93. The van der Waals surface area contributed by atoms with Gasteiger partial charge in [-0.05, 0) is 42.6 Å². The quantitative estimate of drug-likeness (QED) is 0.870. The molecule has 1 fully saturated rings. The van der Waals surface area contributed by atoms with E-state index in [0.717, 1.165) is 30.5 Å². The number of hydrogen-bond acceptors (Lipinski definition) is 3. The maximum atomic E-state index is 12.4. The van der Waals surface area contributed by atoms with Gasteiger partial charge in [0.05, 0.1) is 4.90 Å². The van der Waals surface area contributed by atoms with Crippen molar-refractivity contribution < 1.29 is 8.42 Å². The highest BCUT2D eigenvalue weighted by Crippen LogP contribution is 2.22. The van der Waals surface area contributed by atoms with Crippen molar-refractivity contribution in [3.8, 4) is 11.1 Å². The van der Waals surface area contributed by atoms with Gasteiger partial charge in [0, 0.05) is 12.6 Å². The van der Waals surface area contributed by atoms with Gasteiger partial charge < -0.3 is 5.32 Å². The predicted molar refractivity (Wildman–Crippen MR) is 95.3 cm³/mol. The molecule has 2 aromatic carbocycles. The molecule has 4 nitrogen and oxygen atoms in total. The summed E-state index contributed by atoms with van der Waals surface area (Å²) in [5.74, 6) is 0. The largest absolute Gasteiger partial charge is 0.313 e. The van der Waals surface area contributed by atoms with Gasteiger partial charge in [0.15, 0.2) is 0 Å². The summed E-state index contributed by atoms with van der Waals surface area (Å²) in [6, 6.07) is 17.1. The van der Waals surface area contributed by atoms with Crippen molar-refractivity contribution in [1.29, 1.82) is 0 Å². The van der Waals surface area contributed by atoms with Gasteiger partial charge in [-0.15, -0.1) is 12.4 Å². The van der Waals surface area contributed by atoms with E-state index in [1.54, 1.807) is 18.2 Å². The summed E-state index contributed by atoms with van der Waals surface area (Å²) in [4.78, 5) is 0.312. The van der Waals surface area contributed by atoms with E-state index in [-0.39, 0.29) is 18.4 Å².